The molecule has 3 N–H and O–H groups in total. The summed E-state index contributed by atoms with van der Waals surface area (Å²) < 4.78 is 5.34. The summed E-state index contributed by atoms with van der Waals surface area (Å²) in [5, 5.41) is 17.9. The second-order valence-corrected chi connectivity index (χ2v) is 9.43. The van der Waals surface area contributed by atoms with Crippen LogP contribution < -0.4 is 20.9 Å². The van der Waals surface area contributed by atoms with Crippen molar-refractivity contribution >= 4 is 23.5 Å². The molecule has 10 heteroatoms. The van der Waals surface area contributed by atoms with Crippen molar-refractivity contribution < 1.29 is 4.42 Å². The molecule has 3 heterocycles. The van der Waals surface area contributed by atoms with Crippen LogP contribution >= 0.6 is 0 Å². The molecule has 1 atom stereocenters. The van der Waals surface area contributed by atoms with Crippen molar-refractivity contribution in [3.63, 3.8) is 0 Å². The number of nitrogens with zero attached hydrogens (tertiary/aromatic N) is 6. The molecule has 1 saturated heterocycles. The Balaban J connectivity index is 1.64. The second kappa shape index (κ2) is 9.07. The summed E-state index contributed by atoms with van der Waals surface area (Å²) in [6, 6.07) is 6.20. The molecule has 0 radical (unpaired) electrons. The predicted molar refractivity (Wildman–Crippen MR) is 125 cm³/mol. The van der Waals surface area contributed by atoms with Crippen molar-refractivity contribution in [1.82, 2.24) is 30.5 Å². The van der Waals surface area contributed by atoms with E-state index >= 15 is 0 Å². The van der Waals surface area contributed by atoms with Gasteiger partial charge in [0.15, 0.2) is 0 Å². The number of aromatic nitrogens is 5. The van der Waals surface area contributed by atoms with E-state index in [0.29, 0.717) is 29.8 Å². The van der Waals surface area contributed by atoms with E-state index in [4.69, 9.17) is 14.4 Å². The summed E-state index contributed by atoms with van der Waals surface area (Å²) in [5.74, 6) is 2.13. The maximum absolute atomic E-state index is 5.34. The minimum atomic E-state index is 0.104. The quantitative estimate of drug-likeness (QED) is 0.508. The summed E-state index contributed by atoms with van der Waals surface area (Å²) in [6.45, 7) is 11.3. The van der Waals surface area contributed by atoms with Gasteiger partial charge in [0.25, 0.3) is 0 Å². The Morgan fingerprint density at radius 1 is 1.19 bits per heavy atom. The van der Waals surface area contributed by atoms with E-state index < -0.39 is 0 Å². The van der Waals surface area contributed by atoms with E-state index in [1.54, 1.807) is 0 Å². The highest BCUT2D eigenvalue weighted by atomic mass is 16.4. The predicted octanol–water partition coefficient (Wildman–Crippen LogP) is 3.23. The Bertz CT molecular complexity index is 1040. The topological polar surface area (TPSA) is 117 Å². The summed E-state index contributed by atoms with van der Waals surface area (Å²) in [7, 11) is 2.01. The molecule has 10 nitrogen and oxygen atoms in total. The van der Waals surface area contributed by atoms with E-state index in [-0.39, 0.29) is 5.41 Å². The summed E-state index contributed by atoms with van der Waals surface area (Å²) >= 11 is 0. The third-order valence-corrected chi connectivity index (χ3v) is 5.16. The smallest absolute Gasteiger partial charge is 0.247 e. The highest BCUT2D eigenvalue weighted by Crippen LogP contribution is 2.27. The highest BCUT2D eigenvalue weighted by molar-refractivity contribution is 5.68. The van der Waals surface area contributed by atoms with Crippen LogP contribution in [-0.4, -0.2) is 57.9 Å². The lowest BCUT2D eigenvalue weighted by Crippen LogP contribution is -2.31. The zero-order chi connectivity index (χ0) is 22.7. The molecule has 4 rings (SSSR count). The number of anilines is 4. The monoisotopic (exact) mass is 437 g/mol. The van der Waals surface area contributed by atoms with Crippen molar-refractivity contribution in [2.75, 3.05) is 42.2 Å². The van der Waals surface area contributed by atoms with Gasteiger partial charge in [0.1, 0.15) is 0 Å². The molecule has 0 unspecified atom stereocenters. The maximum atomic E-state index is 5.34. The first-order chi connectivity index (χ1) is 15.3. The Kier molecular flexibility index (Phi) is 6.22. The number of rotatable bonds is 7. The van der Waals surface area contributed by atoms with E-state index in [2.05, 4.69) is 56.8 Å². The lowest BCUT2D eigenvalue weighted by atomic mass is 9.96. The molecule has 0 aliphatic carbocycles. The highest BCUT2D eigenvalue weighted by Gasteiger charge is 2.20. The number of hydrogen-bond acceptors (Lipinski definition) is 10. The summed E-state index contributed by atoms with van der Waals surface area (Å²) in [6.07, 6.45) is 2.36. The van der Waals surface area contributed by atoms with Gasteiger partial charge < -0.3 is 25.3 Å². The fourth-order valence-corrected chi connectivity index (χ4v) is 3.71. The van der Waals surface area contributed by atoms with Gasteiger partial charge in [-0.3, -0.25) is 0 Å². The van der Waals surface area contributed by atoms with Gasteiger partial charge in [0.05, 0.1) is 0 Å². The molecule has 32 heavy (non-hydrogen) atoms. The molecule has 1 aliphatic rings. The van der Waals surface area contributed by atoms with Gasteiger partial charge in [-0.15, -0.1) is 10.2 Å². The van der Waals surface area contributed by atoms with Crippen molar-refractivity contribution in [3.8, 4) is 11.5 Å². The Hall–Kier alpha value is -3.27. The third kappa shape index (κ3) is 5.50. The lowest BCUT2D eigenvalue weighted by molar-refractivity contribution is 0.416. The van der Waals surface area contributed by atoms with Crippen LogP contribution in [0.15, 0.2) is 29.0 Å². The Morgan fingerprint density at radius 2 is 2.00 bits per heavy atom. The van der Waals surface area contributed by atoms with Gasteiger partial charge >= 0.3 is 0 Å². The molecular formula is C22H31N9O. The SMILES string of the molecule is Cc1ccc(-c2nnco2)cc1Nc1nc(N[C@H]2CCNC2)nc(N(C)CC(C)(C)C)n1. The molecule has 0 bridgehead atoms. The Labute approximate surface area is 188 Å². The molecule has 1 aliphatic heterocycles. The Morgan fingerprint density at radius 3 is 2.69 bits per heavy atom. The van der Waals surface area contributed by atoms with E-state index in [9.17, 15) is 0 Å². The fraction of sp³-hybridized carbons (Fsp3) is 0.500. The molecule has 170 valence electrons. The first-order valence-corrected chi connectivity index (χ1v) is 10.9. The molecule has 1 fully saturated rings. The van der Waals surface area contributed by atoms with Gasteiger partial charge in [0, 0.05) is 37.4 Å². The number of benzene rings is 1. The lowest BCUT2D eigenvalue weighted by Gasteiger charge is -2.27. The third-order valence-electron chi connectivity index (χ3n) is 5.16. The zero-order valence-corrected chi connectivity index (χ0v) is 19.3. The van der Waals surface area contributed by atoms with E-state index in [1.807, 2.05) is 32.2 Å². The minimum absolute atomic E-state index is 0.104. The van der Waals surface area contributed by atoms with Gasteiger partial charge in [-0.05, 0) is 43.0 Å². The molecule has 2 aromatic heterocycles. The number of hydrogen-bond donors (Lipinski definition) is 3. The standard InChI is InChI=1S/C22H31N9O/c1-14-6-7-15(18-30-24-13-32-18)10-17(14)26-20-27-19(25-16-8-9-23-11-16)28-21(29-20)31(5)12-22(2,3)4/h6-7,10,13,16,23H,8-9,11-12H2,1-5H3,(H2,25,26,27,28,29)/t16-/m0/s1. The molecule has 0 spiro atoms. The van der Waals surface area contributed by atoms with Crippen LogP contribution in [0.1, 0.15) is 32.8 Å². The summed E-state index contributed by atoms with van der Waals surface area (Å²) in [5.41, 5.74) is 2.84. The molecule has 0 saturated carbocycles. The van der Waals surface area contributed by atoms with Crippen LogP contribution in [0.4, 0.5) is 23.5 Å². The van der Waals surface area contributed by atoms with E-state index in [0.717, 1.165) is 42.9 Å². The normalized spacial score (nSPS) is 16.2. The minimum Gasteiger partial charge on any atom is -0.423 e. The van der Waals surface area contributed by atoms with Gasteiger partial charge in [-0.1, -0.05) is 26.8 Å². The first kappa shape index (κ1) is 21.9. The second-order valence-electron chi connectivity index (χ2n) is 9.43. The van der Waals surface area contributed by atoms with Crippen molar-refractivity contribution in [2.24, 2.45) is 5.41 Å². The maximum Gasteiger partial charge on any atom is 0.247 e. The average Bonchev–Trinajstić information content (AvgIpc) is 3.42. The van der Waals surface area contributed by atoms with Gasteiger partial charge in [0.2, 0.25) is 30.1 Å². The first-order valence-electron chi connectivity index (χ1n) is 10.9. The fourth-order valence-electron chi connectivity index (χ4n) is 3.71. The van der Waals surface area contributed by atoms with Crippen LogP contribution in [0.2, 0.25) is 0 Å². The molecule has 1 aromatic carbocycles. The van der Waals surface area contributed by atoms with Crippen molar-refractivity contribution in [1.29, 1.82) is 0 Å². The largest absolute Gasteiger partial charge is 0.423 e. The van der Waals surface area contributed by atoms with Crippen LogP contribution in [0.5, 0.6) is 0 Å². The van der Waals surface area contributed by atoms with Crippen LogP contribution in [-0.2, 0) is 0 Å². The molecule has 3 aromatic rings. The molecule has 0 amide bonds. The van der Waals surface area contributed by atoms with Gasteiger partial charge in [-0.25, -0.2) is 0 Å². The van der Waals surface area contributed by atoms with Crippen molar-refractivity contribution in [2.45, 2.75) is 40.2 Å². The number of aryl methyl sites for hydroxylation is 1. The summed E-state index contributed by atoms with van der Waals surface area (Å²) in [4.78, 5) is 16.1. The van der Waals surface area contributed by atoms with Crippen molar-refractivity contribution in [3.05, 3.63) is 30.2 Å². The van der Waals surface area contributed by atoms with Crippen LogP contribution in [0.3, 0.4) is 0 Å². The van der Waals surface area contributed by atoms with Crippen LogP contribution in [0, 0.1) is 12.3 Å². The van der Waals surface area contributed by atoms with E-state index in [1.165, 1.54) is 6.39 Å². The average molecular weight is 438 g/mol. The number of nitrogens with one attached hydrogen (secondary N) is 3. The van der Waals surface area contributed by atoms with Gasteiger partial charge in [-0.2, -0.15) is 15.0 Å². The zero-order valence-electron chi connectivity index (χ0n) is 19.3. The van der Waals surface area contributed by atoms with Crippen LogP contribution in [0.25, 0.3) is 11.5 Å². The molecular weight excluding hydrogens is 406 g/mol.